The summed E-state index contributed by atoms with van der Waals surface area (Å²) in [4.78, 5) is 15.5. The Balaban J connectivity index is 1.44. The number of rotatable bonds is 8. The Hall–Kier alpha value is -3.11. The SMILES string of the molecule is O=C(NCC(c1ccccc1)N1CCCC1)c1ccccc1COc1ccccc1. The van der Waals surface area contributed by atoms with Crippen LogP contribution in [0.5, 0.6) is 5.75 Å². The van der Waals surface area contributed by atoms with Gasteiger partial charge in [0.25, 0.3) is 5.91 Å². The fraction of sp³-hybridized carbons (Fsp3) is 0.269. The van der Waals surface area contributed by atoms with Gasteiger partial charge in [0.15, 0.2) is 0 Å². The van der Waals surface area contributed by atoms with E-state index in [-0.39, 0.29) is 11.9 Å². The average Bonchev–Trinajstić information content (AvgIpc) is 3.34. The number of benzene rings is 3. The van der Waals surface area contributed by atoms with Gasteiger partial charge in [0.2, 0.25) is 0 Å². The van der Waals surface area contributed by atoms with E-state index in [1.807, 2.05) is 60.7 Å². The van der Waals surface area contributed by atoms with Crippen LogP contribution < -0.4 is 10.1 Å². The quantitative estimate of drug-likeness (QED) is 0.589. The number of amides is 1. The Morgan fingerprint density at radius 2 is 1.50 bits per heavy atom. The van der Waals surface area contributed by atoms with Gasteiger partial charge in [0, 0.05) is 17.7 Å². The first-order valence-corrected chi connectivity index (χ1v) is 10.6. The number of ether oxygens (including phenoxy) is 1. The van der Waals surface area contributed by atoms with Gasteiger partial charge >= 0.3 is 0 Å². The summed E-state index contributed by atoms with van der Waals surface area (Å²) in [5.74, 6) is 0.744. The zero-order chi connectivity index (χ0) is 20.6. The highest BCUT2D eigenvalue weighted by Crippen LogP contribution is 2.24. The summed E-state index contributed by atoms with van der Waals surface area (Å²) in [6, 6.07) is 28.0. The van der Waals surface area contributed by atoms with Crippen LogP contribution in [0.3, 0.4) is 0 Å². The number of hydrogen-bond acceptors (Lipinski definition) is 3. The van der Waals surface area contributed by atoms with E-state index in [4.69, 9.17) is 4.74 Å². The highest BCUT2D eigenvalue weighted by atomic mass is 16.5. The largest absolute Gasteiger partial charge is 0.489 e. The average molecular weight is 401 g/mol. The van der Waals surface area contributed by atoms with E-state index >= 15 is 0 Å². The molecule has 0 radical (unpaired) electrons. The van der Waals surface area contributed by atoms with Crippen molar-refractivity contribution >= 4 is 5.91 Å². The van der Waals surface area contributed by atoms with Crippen LogP contribution in [-0.2, 0) is 6.61 Å². The van der Waals surface area contributed by atoms with Crippen molar-refractivity contribution in [3.63, 3.8) is 0 Å². The zero-order valence-electron chi connectivity index (χ0n) is 17.2. The molecule has 4 rings (SSSR count). The predicted octanol–water partition coefficient (Wildman–Crippen LogP) is 4.83. The zero-order valence-corrected chi connectivity index (χ0v) is 17.2. The van der Waals surface area contributed by atoms with Crippen LogP contribution in [0.1, 0.15) is 40.4 Å². The third-order valence-corrected chi connectivity index (χ3v) is 5.62. The van der Waals surface area contributed by atoms with Gasteiger partial charge in [-0.25, -0.2) is 0 Å². The second kappa shape index (κ2) is 10.1. The standard InChI is InChI=1S/C26H28N2O2/c29-26(24-16-8-7-13-22(24)20-30-23-14-5-2-6-15-23)27-19-25(28-17-9-10-18-28)21-11-3-1-4-12-21/h1-8,11-16,25H,9-10,17-20H2,(H,27,29). The molecule has 1 heterocycles. The minimum atomic E-state index is -0.0533. The van der Waals surface area contributed by atoms with Gasteiger partial charge in [-0.1, -0.05) is 66.7 Å². The van der Waals surface area contributed by atoms with E-state index in [9.17, 15) is 4.79 Å². The Bertz CT molecular complexity index is 938. The molecule has 1 aliphatic heterocycles. The molecule has 0 spiro atoms. The van der Waals surface area contributed by atoms with Crippen molar-refractivity contribution in [2.24, 2.45) is 0 Å². The lowest BCUT2D eigenvalue weighted by Gasteiger charge is -2.28. The maximum absolute atomic E-state index is 13.0. The predicted molar refractivity (Wildman–Crippen MR) is 120 cm³/mol. The molecule has 0 saturated carbocycles. The Labute approximate surface area is 178 Å². The molecule has 1 aliphatic rings. The number of hydrogen-bond donors (Lipinski definition) is 1. The Morgan fingerprint density at radius 1 is 0.867 bits per heavy atom. The number of para-hydroxylation sites is 1. The van der Waals surface area contributed by atoms with Crippen molar-refractivity contribution < 1.29 is 9.53 Å². The number of nitrogens with zero attached hydrogens (tertiary/aromatic N) is 1. The van der Waals surface area contributed by atoms with Crippen molar-refractivity contribution in [2.75, 3.05) is 19.6 Å². The summed E-state index contributed by atoms with van der Waals surface area (Å²) in [5.41, 5.74) is 2.80. The number of carbonyl (C=O) groups is 1. The van der Waals surface area contributed by atoms with Gasteiger partial charge in [-0.05, 0) is 49.7 Å². The van der Waals surface area contributed by atoms with E-state index in [1.165, 1.54) is 18.4 Å². The molecule has 3 aromatic carbocycles. The third-order valence-electron chi connectivity index (χ3n) is 5.62. The molecule has 1 amide bonds. The van der Waals surface area contributed by atoms with E-state index in [1.54, 1.807) is 0 Å². The number of likely N-dealkylation sites (tertiary alicyclic amines) is 1. The molecule has 30 heavy (non-hydrogen) atoms. The maximum Gasteiger partial charge on any atom is 0.251 e. The van der Waals surface area contributed by atoms with Crippen molar-refractivity contribution in [1.29, 1.82) is 0 Å². The molecule has 1 unspecified atom stereocenters. The molecule has 0 aromatic heterocycles. The van der Waals surface area contributed by atoms with Crippen molar-refractivity contribution in [2.45, 2.75) is 25.5 Å². The summed E-state index contributed by atoms with van der Waals surface area (Å²) in [6.45, 7) is 3.12. The minimum absolute atomic E-state index is 0.0533. The van der Waals surface area contributed by atoms with Gasteiger partial charge in [0.1, 0.15) is 12.4 Å². The van der Waals surface area contributed by atoms with Crippen LogP contribution >= 0.6 is 0 Å². The Kier molecular flexibility index (Phi) is 6.78. The molecular weight excluding hydrogens is 372 g/mol. The fourth-order valence-corrected chi connectivity index (χ4v) is 4.02. The molecule has 4 heteroatoms. The topological polar surface area (TPSA) is 41.6 Å². The lowest BCUT2D eigenvalue weighted by molar-refractivity contribution is 0.0935. The summed E-state index contributed by atoms with van der Waals surface area (Å²) in [7, 11) is 0. The van der Waals surface area contributed by atoms with Crippen molar-refractivity contribution in [3.8, 4) is 5.75 Å². The molecule has 3 aromatic rings. The molecule has 1 fully saturated rings. The highest BCUT2D eigenvalue weighted by Gasteiger charge is 2.24. The van der Waals surface area contributed by atoms with Crippen LogP contribution in [-0.4, -0.2) is 30.4 Å². The second-order valence-electron chi connectivity index (χ2n) is 7.64. The van der Waals surface area contributed by atoms with Gasteiger partial charge in [-0.2, -0.15) is 0 Å². The number of carbonyl (C=O) groups excluding carboxylic acids is 1. The van der Waals surface area contributed by atoms with Gasteiger partial charge < -0.3 is 10.1 Å². The molecular formula is C26H28N2O2. The van der Waals surface area contributed by atoms with Gasteiger partial charge in [0.05, 0.1) is 6.04 Å². The molecule has 0 bridgehead atoms. The van der Waals surface area contributed by atoms with E-state index < -0.39 is 0 Å². The molecule has 1 N–H and O–H groups in total. The van der Waals surface area contributed by atoms with Crippen molar-refractivity contribution in [1.82, 2.24) is 10.2 Å². The Morgan fingerprint density at radius 3 is 2.23 bits per heavy atom. The molecule has 1 saturated heterocycles. The summed E-state index contributed by atoms with van der Waals surface area (Å²) in [6.07, 6.45) is 2.44. The van der Waals surface area contributed by atoms with Crippen LogP contribution in [0.15, 0.2) is 84.9 Å². The van der Waals surface area contributed by atoms with Crippen LogP contribution in [0, 0.1) is 0 Å². The van der Waals surface area contributed by atoms with Gasteiger partial charge in [-0.15, -0.1) is 0 Å². The monoisotopic (exact) mass is 400 g/mol. The van der Waals surface area contributed by atoms with Gasteiger partial charge in [-0.3, -0.25) is 9.69 Å². The van der Waals surface area contributed by atoms with Crippen LogP contribution in [0.2, 0.25) is 0 Å². The number of nitrogens with one attached hydrogen (secondary N) is 1. The molecule has 4 nitrogen and oxygen atoms in total. The summed E-state index contributed by atoms with van der Waals surface area (Å²) >= 11 is 0. The lowest BCUT2D eigenvalue weighted by Crippen LogP contribution is -2.37. The van der Waals surface area contributed by atoms with E-state index in [0.29, 0.717) is 18.7 Å². The van der Waals surface area contributed by atoms with Crippen LogP contribution in [0.25, 0.3) is 0 Å². The highest BCUT2D eigenvalue weighted by molar-refractivity contribution is 5.95. The first kappa shape index (κ1) is 20.2. The first-order valence-electron chi connectivity index (χ1n) is 10.6. The van der Waals surface area contributed by atoms with E-state index in [2.05, 4.69) is 34.5 Å². The van der Waals surface area contributed by atoms with Crippen LogP contribution in [0.4, 0.5) is 0 Å². The summed E-state index contributed by atoms with van der Waals surface area (Å²) in [5, 5.41) is 3.18. The van der Waals surface area contributed by atoms with E-state index in [0.717, 1.165) is 24.4 Å². The lowest BCUT2D eigenvalue weighted by atomic mass is 10.0. The first-order chi connectivity index (χ1) is 14.8. The fourth-order valence-electron chi connectivity index (χ4n) is 4.02. The minimum Gasteiger partial charge on any atom is -0.489 e. The molecule has 0 aliphatic carbocycles. The maximum atomic E-state index is 13.0. The second-order valence-corrected chi connectivity index (χ2v) is 7.64. The molecule has 1 atom stereocenters. The smallest absolute Gasteiger partial charge is 0.251 e. The summed E-state index contributed by atoms with van der Waals surface area (Å²) < 4.78 is 5.87. The normalized spacial score (nSPS) is 14.9. The van der Waals surface area contributed by atoms with Crippen molar-refractivity contribution in [3.05, 3.63) is 102 Å². The molecule has 154 valence electrons. The third kappa shape index (κ3) is 5.08.